The molecular formula is C24H28N4O2. The molecule has 0 aliphatic carbocycles. The fourth-order valence-corrected chi connectivity index (χ4v) is 3.32. The number of nitrogens with one attached hydrogen (secondary N) is 1. The van der Waals surface area contributed by atoms with Gasteiger partial charge in [-0.15, -0.1) is 0 Å². The Hall–Kier alpha value is -3.41. The molecule has 0 bridgehead atoms. The van der Waals surface area contributed by atoms with Gasteiger partial charge in [0, 0.05) is 35.6 Å². The van der Waals surface area contributed by atoms with Crippen molar-refractivity contribution in [2.24, 2.45) is 10.8 Å². The van der Waals surface area contributed by atoms with Crippen LogP contribution in [-0.2, 0) is 28.0 Å². The predicted molar refractivity (Wildman–Crippen MR) is 120 cm³/mol. The molecule has 0 spiro atoms. The van der Waals surface area contributed by atoms with Crippen LogP contribution in [0.1, 0.15) is 43.9 Å². The number of aromatic nitrogens is 1. The molecule has 0 fully saturated rings. The molecule has 2 aromatic carbocycles. The van der Waals surface area contributed by atoms with Crippen molar-refractivity contribution >= 4 is 28.9 Å². The summed E-state index contributed by atoms with van der Waals surface area (Å²) in [6, 6.07) is 15.9. The standard InChI is InChI=1S/C24H28N4O2/c1-24(2,3)19-10-8-17(9-11-19)14-23(30)27-26-15-18-16-28(13-12-22(25)29)21-7-5-4-6-20(18)21/h4-11,15-16H,12-14H2,1-3H3,(H2,25,29)(H,27,30)/b26-15-. The van der Waals surface area contributed by atoms with Crippen LogP contribution in [0.4, 0.5) is 0 Å². The highest BCUT2D eigenvalue weighted by atomic mass is 16.2. The molecule has 6 heteroatoms. The first kappa shape index (κ1) is 21.3. The van der Waals surface area contributed by atoms with Crippen molar-refractivity contribution in [3.05, 3.63) is 71.4 Å². The molecule has 0 saturated heterocycles. The number of hydrogen-bond donors (Lipinski definition) is 2. The van der Waals surface area contributed by atoms with E-state index in [0.717, 1.165) is 22.0 Å². The quantitative estimate of drug-likeness (QED) is 0.466. The van der Waals surface area contributed by atoms with Gasteiger partial charge >= 0.3 is 0 Å². The van der Waals surface area contributed by atoms with E-state index in [1.165, 1.54) is 5.56 Å². The monoisotopic (exact) mass is 404 g/mol. The lowest BCUT2D eigenvalue weighted by atomic mass is 9.86. The summed E-state index contributed by atoms with van der Waals surface area (Å²) in [5.41, 5.74) is 12.0. The van der Waals surface area contributed by atoms with Crippen LogP contribution in [0.15, 0.2) is 59.8 Å². The third kappa shape index (κ3) is 5.35. The number of primary amides is 1. The molecule has 6 nitrogen and oxygen atoms in total. The third-order valence-electron chi connectivity index (χ3n) is 5.00. The summed E-state index contributed by atoms with van der Waals surface area (Å²) in [4.78, 5) is 23.4. The van der Waals surface area contributed by atoms with Crippen molar-refractivity contribution in [3.8, 4) is 0 Å². The maximum atomic E-state index is 12.2. The van der Waals surface area contributed by atoms with Crippen LogP contribution < -0.4 is 11.2 Å². The molecule has 3 rings (SSSR count). The number of amides is 2. The number of nitrogens with zero attached hydrogens (tertiary/aromatic N) is 2. The molecule has 1 heterocycles. The summed E-state index contributed by atoms with van der Waals surface area (Å²) in [6.07, 6.45) is 4.07. The summed E-state index contributed by atoms with van der Waals surface area (Å²) < 4.78 is 1.97. The number of benzene rings is 2. The molecule has 156 valence electrons. The minimum Gasteiger partial charge on any atom is -0.370 e. The molecular weight excluding hydrogens is 376 g/mol. The number of carbonyl (C=O) groups excluding carboxylic acids is 2. The van der Waals surface area contributed by atoms with Crippen molar-refractivity contribution < 1.29 is 9.59 Å². The van der Waals surface area contributed by atoms with Crippen LogP contribution in [0, 0.1) is 0 Å². The average Bonchev–Trinajstić information content (AvgIpc) is 3.04. The molecule has 2 amide bonds. The number of aryl methyl sites for hydroxylation is 1. The first-order chi connectivity index (χ1) is 14.2. The Morgan fingerprint density at radius 3 is 2.47 bits per heavy atom. The number of nitrogens with two attached hydrogens (primary N) is 1. The highest BCUT2D eigenvalue weighted by molar-refractivity contribution is 5.99. The van der Waals surface area contributed by atoms with Crippen molar-refractivity contribution in [3.63, 3.8) is 0 Å². The molecule has 0 atom stereocenters. The largest absolute Gasteiger partial charge is 0.370 e. The van der Waals surface area contributed by atoms with Crippen LogP contribution in [0.3, 0.4) is 0 Å². The number of rotatable bonds is 7. The van der Waals surface area contributed by atoms with E-state index in [1.54, 1.807) is 6.21 Å². The van der Waals surface area contributed by atoms with Gasteiger partial charge in [0.1, 0.15) is 0 Å². The maximum Gasteiger partial charge on any atom is 0.244 e. The maximum absolute atomic E-state index is 12.2. The lowest BCUT2D eigenvalue weighted by Gasteiger charge is -2.19. The molecule has 3 aromatic rings. The Kier molecular flexibility index (Phi) is 6.35. The van der Waals surface area contributed by atoms with Gasteiger partial charge in [-0.25, -0.2) is 5.43 Å². The fraction of sp³-hybridized carbons (Fsp3) is 0.292. The third-order valence-corrected chi connectivity index (χ3v) is 5.00. The summed E-state index contributed by atoms with van der Waals surface area (Å²) in [6.45, 7) is 6.98. The van der Waals surface area contributed by atoms with Gasteiger partial charge in [0.2, 0.25) is 11.8 Å². The van der Waals surface area contributed by atoms with Crippen LogP contribution in [0.5, 0.6) is 0 Å². The SMILES string of the molecule is CC(C)(C)c1ccc(CC(=O)N/N=C\c2cn(CCC(N)=O)c3ccccc23)cc1. The molecule has 0 saturated carbocycles. The van der Waals surface area contributed by atoms with Crippen molar-refractivity contribution in [1.29, 1.82) is 0 Å². The lowest BCUT2D eigenvalue weighted by Crippen LogP contribution is -2.20. The van der Waals surface area contributed by atoms with Crippen LogP contribution in [-0.4, -0.2) is 22.6 Å². The Labute approximate surface area is 176 Å². The second kappa shape index (κ2) is 8.95. The zero-order chi connectivity index (χ0) is 21.7. The summed E-state index contributed by atoms with van der Waals surface area (Å²) in [7, 11) is 0. The van der Waals surface area contributed by atoms with Gasteiger partial charge in [-0.2, -0.15) is 5.10 Å². The second-order valence-electron chi connectivity index (χ2n) is 8.43. The Bertz CT molecular complexity index is 1070. The van der Waals surface area contributed by atoms with E-state index in [9.17, 15) is 9.59 Å². The summed E-state index contributed by atoms with van der Waals surface area (Å²) in [5, 5.41) is 5.12. The average molecular weight is 405 g/mol. The molecule has 30 heavy (non-hydrogen) atoms. The smallest absolute Gasteiger partial charge is 0.244 e. The van der Waals surface area contributed by atoms with E-state index in [0.29, 0.717) is 6.54 Å². The Morgan fingerprint density at radius 1 is 1.10 bits per heavy atom. The minimum absolute atomic E-state index is 0.0850. The van der Waals surface area contributed by atoms with Gasteiger partial charge in [-0.3, -0.25) is 9.59 Å². The van der Waals surface area contributed by atoms with Crippen LogP contribution in [0.2, 0.25) is 0 Å². The highest BCUT2D eigenvalue weighted by Gasteiger charge is 2.13. The molecule has 0 radical (unpaired) electrons. The van der Waals surface area contributed by atoms with Gasteiger partial charge in [-0.1, -0.05) is 63.2 Å². The van der Waals surface area contributed by atoms with E-state index in [-0.39, 0.29) is 30.1 Å². The van der Waals surface area contributed by atoms with E-state index in [1.807, 2.05) is 47.2 Å². The topological polar surface area (TPSA) is 89.5 Å². The first-order valence-corrected chi connectivity index (χ1v) is 10.0. The first-order valence-electron chi connectivity index (χ1n) is 10.0. The van der Waals surface area contributed by atoms with Gasteiger partial charge in [-0.05, 0) is 22.6 Å². The summed E-state index contributed by atoms with van der Waals surface area (Å²) in [5.74, 6) is -0.516. The fourth-order valence-electron chi connectivity index (χ4n) is 3.32. The minimum atomic E-state index is -0.342. The molecule has 0 aliphatic heterocycles. The van der Waals surface area contributed by atoms with Gasteiger partial charge < -0.3 is 10.3 Å². The normalized spacial score (nSPS) is 11.8. The number of hydrazone groups is 1. The zero-order valence-electron chi connectivity index (χ0n) is 17.7. The van der Waals surface area contributed by atoms with Gasteiger partial charge in [0.25, 0.3) is 0 Å². The van der Waals surface area contributed by atoms with E-state index < -0.39 is 0 Å². The molecule has 0 aliphatic rings. The number of carbonyl (C=O) groups is 2. The lowest BCUT2D eigenvalue weighted by molar-refractivity contribution is -0.120. The van der Waals surface area contributed by atoms with Crippen molar-refractivity contribution in [2.45, 2.75) is 45.6 Å². The van der Waals surface area contributed by atoms with E-state index in [4.69, 9.17) is 5.73 Å². The second-order valence-corrected chi connectivity index (χ2v) is 8.43. The van der Waals surface area contributed by atoms with Gasteiger partial charge in [0.15, 0.2) is 0 Å². The number of para-hydroxylation sites is 1. The molecule has 3 N–H and O–H groups in total. The predicted octanol–water partition coefficient (Wildman–Crippen LogP) is 3.51. The highest BCUT2D eigenvalue weighted by Crippen LogP contribution is 2.22. The zero-order valence-corrected chi connectivity index (χ0v) is 17.7. The Balaban J connectivity index is 1.65. The van der Waals surface area contributed by atoms with Crippen molar-refractivity contribution in [1.82, 2.24) is 9.99 Å². The van der Waals surface area contributed by atoms with Gasteiger partial charge in [0.05, 0.1) is 12.6 Å². The van der Waals surface area contributed by atoms with E-state index >= 15 is 0 Å². The van der Waals surface area contributed by atoms with E-state index in [2.05, 4.69) is 43.4 Å². The number of hydrogen-bond acceptors (Lipinski definition) is 3. The molecule has 0 unspecified atom stereocenters. The van der Waals surface area contributed by atoms with Crippen LogP contribution in [0.25, 0.3) is 10.9 Å². The number of fused-ring (bicyclic) bond motifs is 1. The summed E-state index contributed by atoms with van der Waals surface area (Å²) >= 11 is 0. The Morgan fingerprint density at radius 2 is 1.80 bits per heavy atom. The molecule has 1 aromatic heterocycles. The van der Waals surface area contributed by atoms with Crippen molar-refractivity contribution in [2.75, 3.05) is 0 Å². The van der Waals surface area contributed by atoms with Crippen LogP contribution >= 0.6 is 0 Å².